The van der Waals surface area contributed by atoms with Crippen LogP contribution in [0.15, 0.2) is 30.3 Å². The quantitative estimate of drug-likeness (QED) is 0.824. The van der Waals surface area contributed by atoms with Crippen molar-refractivity contribution in [2.45, 2.75) is 69.1 Å². The topological polar surface area (TPSA) is 20.3 Å². The van der Waals surface area contributed by atoms with E-state index in [1.54, 1.807) is 0 Å². The van der Waals surface area contributed by atoms with Crippen molar-refractivity contribution in [1.82, 2.24) is 4.31 Å². The number of hydrogen-bond donors (Lipinski definition) is 0. The second-order valence-electron chi connectivity index (χ2n) is 8.70. The summed E-state index contributed by atoms with van der Waals surface area (Å²) >= 11 is 0. The highest BCUT2D eigenvalue weighted by Crippen LogP contribution is 2.76. The zero-order valence-corrected chi connectivity index (χ0v) is 14.8. The molecular weight excluding hydrogens is 290 g/mol. The van der Waals surface area contributed by atoms with E-state index in [0.717, 1.165) is 6.54 Å². The maximum absolute atomic E-state index is 12.9. The summed E-state index contributed by atoms with van der Waals surface area (Å²) in [6, 6.07) is 11.6. The van der Waals surface area contributed by atoms with Gasteiger partial charge in [-0.05, 0) is 69.3 Å². The molecule has 0 radical (unpaired) electrons. The molecule has 4 aliphatic rings. The van der Waals surface area contributed by atoms with E-state index in [9.17, 15) is 4.21 Å². The van der Waals surface area contributed by atoms with E-state index in [0.29, 0.717) is 16.9 Å². The molecule has 0 amide bonds. The molecule has 1 aliphatic heterocycles. The Balaban J connectivity index is 1.50. The van der Waals surface area contributed by atoms with Gasteiger partial charge in [0.2, 0.25) is 0 Å². The SMILES string of the molecule is CC(C)(C)[S@](=O)N1CCC[C@H]1C12CC(c3ccccc3)(C1)C2. The number of rotatable bonds is 3. The first-order valence-corrected chi connectivity index (χ1v) is 9.71. The minimum absolute atomic E-state index is 0.136. The number of hydrogen-bond acceptors (Lipinski definition) is 1. The van der Waals surface area contributed by atoms with Crippen molar-refractivity contribution in [3.63, 3.8) is 0 Å². The molecule has 3 aliphatic carbocycles. The van der Waals surface area contributed by atoms with Gasteiger partial charge in [-0.15, -0.1) is 0 Å². The Hall–Kier alpha value is -0.670. The lowest BCUT2D eigenvalue weighted by molar-refractivity contribution is -0.172. The minimum atomic E-state index is -0.857. The lowest BCUT2D eigenvalue weighted by atomic mass is 9.31. The van der Waals surface area contributed by atoms with Crippen molar-refractivity contribution in [2.75, 3.05) is 6.54 Å². The standard InChI is InChI=1S/C19H27NOS/c1-17(2,3)22(21)20-11-7-10-16(20)19-12-18(13-19,14-19)15-8-5-4-6-9-15/h4-6,8-9,16H,7,10-14H2,1-3H3/t16-,18?,19?,22-/m0/s1. The van der Waals surface area contributed by atoms with E-state index in [2.05, 4.69) is 55.4 Å². The average Bonchev–Trinajstić information content (AvgIpc) is 2.84. The van der Waals surface area contributed by atoms with Crippen LogP contribution in [-0.4, -0.2) is 25.8 Å². The molecule has 120 valence electrons. The van der Waals surface area contributed by atoms with Crippen LogP contribution in [0.2, 0.25) is 0 Å². The van der Waals surface area contributed by atoms with Gasteiger partial charge in [0, 0.05) is 12.6 Å². The maximum atomic E-state index is 12.9. The Bertz CT molecular complexity index is 584. The van der Waals surface area contributed by atoms with Gasteiger partial charge in [-0.1, -0.05) is 30.3 Å². The molecule has 1 heterocycles. The first-order chi connectivity index (χ1) is 10.4. The van der Waals surface area contributed by atoms with Crippen LogP contribution < -0.4 is 0 Å². The highest BCUT2D eigenvalue weighted by atomic mass is 32.2. The Morgan fingerprint density at radius 1 is 1.14 bits per heavy atom. The fourth-order valence-corrected chi connectivity index (χ4v) is 6.78. The molecule has 1 saturated heterocycles. The van der Waals surface area contributed by atoms with Crippen molar-refractivity contribution >= 4 is 11.0 Å². The summed E-state index contributed by atoms with van der Waals surface area (Å²) in [5.74, 6) is 0. The summed E-state index contributed by atoms with van der Waals surface area (Å²) in [6.07, 6.45) is 6.39. The first-order valence-electron chi connectivity index (χ1n) is 8.61. The van der Waals surface area contributed by atoms with E-state index in [4.69, 9.17) is 0 Å². The van der Waals surface area contributed by atoms with Crippen molar-refractivity contribution in [3.8, 4) is 0 Å². The zero-order chi connectivity index (χ0) is 15.6. The molecule has 4 fully saturated rings. The molecule has 0 N–H and O–H groups in total. The lowest BCUT2D eigenvalue weighted by Gasteiger charge is -2.74. The molecule has 2 atom stereocenters. The molecule has 5 rings (SSSR count). The third-order valence-corrected chi connectivity index (χ3v) is 8.02. The van der Waals surface area contributed by atoms with E-state index < -0.39 is 11.0 Å². The van der Waals surface area contributed by atoms with Crippen molar-refractivity contribution in [2.24, 2.45) is 5.41 Å². The van der Waals surface area contributed by atoms with Crippen LogP contribution in [0, 0.1) is 5.41 Å². The zero-order valence-electron chi connectivity index (χ0n) is 14.0. The van der Waals surface area contributed by atoms with Crippen molar-refractivity contribution < 1.29 is 4.21 Å². The minimum Gasteiger partial charge on any atom is -0.242 e. The van der Waals surface area contributed by atoms with Crippen molar-refractivity contribution in [1.29, 1.82) is 0 Å². The summed E-state index contributed by atoms with van der Waals surface area (Å²) in [5, 5.41) is 0. The molecule has 1 aromatic carbocycles. The molecule has 0 spiro atoms. The molecule has 3 heteroatoms. The third kappa shape index (κ3) is 1.98. The summed E-state index contributed by atoms with van der Waals surface area (Å²) in [5.41, 5.74) is 2.45. The highest BCUT2D eigenvalue weighted by molar-refractivity contribution is 7.84. The van der Waals surface area contributed by atoms with Gasteiger partial charge >= 0.3 is 0 Å². The van der Waals surface area contributed by atoms with Gasteiger partial charge < -0.3 is 0 Å². The van der Waals surface area contributed by atoms with Crippen LogP contribution in [0.25, 0.3) is 0 Å². The first kappa shape index (κ1) is 14.9. The monoisotopic (exact) mass is 317 g/mol. The van der Waals surface area contributed by atoms with Gasteiger partial charge in [0.1, 0.15) is 0 Å². The number of nitrogens with zero attached hydrogens (tertiary/aromatic N) is 1. The largest absolute Gasteiger partial charge is 0.242 e. The molecule has 2 nitrogen and oxygen atoms in total. The van der Waals surface area contributed by atoms with Gasteiger partial charge in [0.15, 0.2) is 0 Å². The Kier molecular flexibility index (Phi) is 3.16. The molecule has 1 aromatic rings. The number of benzene rings is 1. The highest BCUT2D eigenvalue weighted by Gasteiger charge is 2.72. The molecular formula is C19H27NOS. The van der Waals surface area contributed by atoms with E-state index in [1.807, 2.05) is 0 Å². The second kappa shape index (κ2) is 4.67. The summed E-state index contributed by atoms with van der Waals surface area (Å²) < 4.78 is 15.1. The molecule has 3 saturated carbocycles. The molecule has 0 unspecified atom stereocenters. The van der Waals surface area contributed by atoms with Crippen LogP contribution in [0.1, 0.15) is 58.4 Å². The predicted octanol–water partition coefficient (Wildman–Crippen LogP) is 4.03. The van der Waals surface area contributed by atoms with E-state index in [-0.39, 0.29) is 4.75 Å². The smallest absolute Gasteiger partial charge is 0.1000 e. The fourth-order valence-electron chi connectivity index (χ4n) is 5.22. The van der Waals surface area contributed by atoms with E-state index >= 15 is 0 Å². The molecule has 0 aromatic heterocycles. The fraction of sp³-hybridized carbons (Fsp3) is 0.684. The van der Waals surface area contributed by atoms with Gasteiger partial charge in [-0.3, -0.25) is 0 Å². The van der Waals surface area contributed by atoms with Gasteiger partial charge in [0.25, 0.3) is 0 Å². The van der Waals surface area contributed by atoms with Crippen LogP contribution in [0.3, 0.4) is 0 Å². The summed E-state index contributed by atoms with van der Waals surface area (Å²) in [7, 11) is -0.857. The summed E-state index contributed by atoms with van der Waals surface area (Å²) in [4.78, 5) is 0. The van der Waals surface area contributed by atoms with E-state index in [1.165, 1.54) is 37.7 Å². The van der Waals surface area contributed by atoms with Crippen LogP contribution in [-0.2, 0) is 16.4 Å². The molecule has 22 heavy (non-hydrogen) atoms. The second-order valence-corrected chi connectivity index (χ2v) is 10.9. The normalized spacial score (nSPS) is 39.1. The van der Waals surface area contributed by atoms with Crippen LogP contribution >= 0.6 is 0 Å². The van der Waals surface area contributed by atoms with Crippen LogP contribution in [0.4, 0.5) is 0 Å². The van der Waals surface area contributed by atoms with Gasteiger partial charge in [-0.2, -0.15) is 0 Å². The maximum Gasteiger partial charge on any atom is 0.1000 e. The van der Waals surface area contributed by atoms with Crippen LogP contribution in [0.5, 0.6) is 0 Å². The van der Waals surface area contributed by atoms with Gasteiger partial charge in [-0.25, -0.2) is 8.51 Å². The predicted molar refractivity (Wildman–Crippen MR) is 92.0 cm³/mol. The van der Waals surface area contributed by atoms with Gasteiger partial charge in [0.05, 0.1) is 15.7 Å². The molecule has 2 bridgehead atoms. The van der Waals surface area contributed by atoms with Crippen molar-refractivity contribution in [3.05, 3.63) is 35.9 Å². The Morgan fingerprint density at radius 3 is 2.36 bits per heavy atom. The third-order valence-electron chi connectivity index (χ3n) is 6.10. The Morgan fingerprint density at radius 2 is 1.77 bits per heavy atom. The average molecular weight is 317 g/mol. The Labute approximate surface area is 136 Å². The summed E-state index contributed by atoms with van der Waals surface area (Å²) in [6.45, 7) is 7.33. The lowest BCUT2D eigenvalue weighted by Crippen LogP contribution is -2.71.